The number of carbonyl (C=O) groups excluding carboxylic acids is 1. The van der Waals surface area contributed by atoms with Crippen molar-refractivity contribution in [1.82, 2.24) is 5.32 Å². The average Bonchev–Trinajstić information content (AvgIpc) is 2.91. The summed E-state index contributed by atoms with van der Waals surface area (Å²) in [4.78, 5) is 27.1. The maximum atomic E-state index is 13.3. The molecule has 2 rings (SSSR count). The molecular formula is C13H13FN2O4. The third-order valence-corrected chi connectivity index (χ3v) is 2.86. The van der Waals surface area contributed by atoms with E-state index in [-0.39, 0.29) is 24.5 Å². The van der Waals surface area contributed by atoms with E-state index in [0.29, 0.717) is 12.0 Å². The molecule has 0 radical (unpaired) electrons. The molecule has 106 valence electrons. The summed E-state index contributed by atoms with van der Waals surface area (Å²) in [5.41, 5.74) is 0.321. The van der Waals surface area contributed by atoms with Gasteiger partial charge in [0.05, 0.1) is 0 Å². The molecule has 20 heavy (non-hydrogen) atoms. The van der Waals surface area contributed by atoms with Crippen molar-refractivity contribution in [3.63, 3.8) is 0 Å². The van der Waals surface area contributed by atoms with E-state index in [9.17, 15) is 14.0 Å². The van der Waals surface area contributed by atoms with Gasteiger partial charge in [-0.1, -0.05) is 23.4 Å². The Balaban J connectivity index is 1.77. The Bertz CT molecular complexity index is 559. The van der Waals surface area contributed by atoms with Crippen LogP contribution in [0.15, 0.2) is 29.4 Å². The second-order valence-corrected chi connectivity index (χ2v) is 4.27. The molecule has 0 fully saturated rings. The molecule has 0 bridgehead atoms. The van der Waals surface area contributed by atoms with Crippen molar-refractivity contribution < 1.29 is 23.9 Å². The first-order valence-corrected chi connectivity index (χ1v) is 6.05. The van der Waals surface area contributed by atoms with Crippen molar-refractivity contribution in [3.8, 4) is 0 Å². The first-order valence-electron chi connectivity index (χ1n) is 6.05. The fraction of sp³-hybridized carbons (Fsp3) is 0.308. The first kappa shape index (κ1) is 14.0. The first-order chi connectivity index (χ1) is 9.58. The molecule has 1 aliphatic heterocycles. The molecule has 1 aromatic rings. The third kappa shape index (κ3) is 3.31. The molecule has 7 heteroatoms. The summed E-state index contributed by atoms with van der Waals surface area (Å²) in [6.07, 6.45) is -0.653. The number of carboxylic acids is 1. The molecule has 0 aliphatic carbocycles. The number of carboxylic acid groups (broad SMARTS) is 1. The van der Waals surface area contributed by atoms with Gasteiger partial charge in [-0.05, 0) is 18.1 Å². The number of oxime groups is 1. The highest BCUT2D eigenvalue weighted by Gasteiger charge is 2.31. The molecule has 0 spiro atoms. The summed E-state index contributed by atoms with van der Waals surface area (Å²) in [6, 6.07) is 6.30. The number of aliphatic carboxylic acids is 1. The van der Waals surface area contributed by atoms with E-state index >= 15 is 0 Å². The van der Waals surface area contributed by atoms with E-state index in [4.69, 9.17) is 9.94 Å². The molecular weight excluding hydrogens is 267 g/mol. The van der Waals surface area contributed by atoms with Crippen LogP contribution >= 0.6 is 0 Å². The van der Waals surface area contributed by atoms with Gasteiger partial charge < -0.3 is 15.3 Å². The topological polar surface area (TPSA) is 88.0 Å². The van der Waals surface area contributed by atoms with Crippen LogP contribution in [0.5, 0.6) is 0 Å². The summed E-state index contributed by atoms with van der Waals surface area (Å²) in [5, 5.41) is 14.6. The predicted molar refractivity (Wildman–Crippen MR) is 67.7 cm³/mol. The molecule has 1 aliphatic rings. The molecule has 1 heterocycles. The van der Waals surface area contributed by atoms with E-state index in [1.807, 2.05) is 0 Å². The Morgan fingerprint density at radius 1 is 1.45 bits per heavy atom. The lowest BCUT2D eigenvalue weighted by molar-refractivity contribution is -0.131. The van der Waals surface area contributed by atoms with Crippen LogP contribution in [0.3, 0.4) is 0 Å². The second-order valence-electron chi connectivity index (χ2n) is 4.27. The molecule has 2 N–H and O–H groups in total. The van der Waals surface area contributed by atoms with Crippen LogP contribution < -0.4 is 5.32 Å². The predicted octanol–water partition coefficient (Wildman–Crippen LogP) is 0.714. The Kier molecular flexibility index (Phi) is 4.29. The van der Waals surface area contributed by atoms with Gasteiger partial charge in [0, 0.05) is 13.0 Å². The van der Waals surface area contributed by atoms with E-state index < -0.39 is 18.0 Å². The van der Waals surface area contributed by atoms with Gasteiger partial charge in [-0.2, -0.15) is 0 Å². The maximum absolute atomic E-state index is 13.3. The quantitative estimate of drug-likeness (QED) is 0.831. The van der Waals surface area contributed by atoms with Gasteiger partial charge >= 0.3 is 5.97 Å². The zero-order chi connectivity index (χ0) is 14.5. The number of hydrogen-bond acceptors (Lipinski definition) is 4. The number of amides is 1. The Labute approximate surface area is 114 Å². The fourth-order valence-electron chi connectivity index (χ4n) is 1.78. The third-order valence-electron chi connectivity index (χ3n) is 2.86. The highest BCUT2D eigenvalue weighted by atomic mass is 19.1. The van der Waals surface area contributed by atoms with E-state index in [1.54, 1.807) is 18.2 Å². The van der Waals surface area contributed by atoms with Gasteiger partial charge in [0.2, 0.25) is 6.10 Å². The van der Waals surface area contributed by atoms with Crippen molar-refractivity contribution >= 4 is 17.6 Å². The maximum Gasteiger partial charge on any atom is 0.353 e. The van der Waals surface area contributed by atoms with Crippen LogP contribution in [0.2, 0.25) is 0 Å². The van der Waals surface area contributed by atoms with Crippen LogP contribution in [-0.2, 0) is 20.8 Å². The van der Waals surface area contributed by atoms with Gasteiger partial charge in [0.15, 0.2) is 5.71 Å². The van der Waals surface area contributed by atoms with Gasteiger partial charge in [-0.3, -0.25) is 4.79 Å². The van der Waals surface area contributed by atoms with E-state index in [1.165, 1.54) is 6.07 Å². The number of nitrogens with zero attached hydrogens (tertiary/aromatic N) is 1. The monoisotopic (exact) mass is 280 g/mol. The molecule has 0 aromatic heterocycles. The number of benzene rings is 1. The minimum absolute atomic E-state index is 0.0686. The summed E-state index contributed by atoms with van der Waals surface area (Å²) in [6.45, 7) is 0.238. The van der Waals surface area contributed by atoms with Gasteiger partial charge in [0.1, 0.15) is 5.82 Å². The van der Waals surface area contributed by atoms with E-state index in [0.717, 1.165) is 0 Å². The summed E-state index contributed by atoms with van der Waals surface area (Å²) < 4.78 is 13.3. The molecule has 0 saturated heterocycles. The zero-order valence-corrected chi connectivity index (χ0v) is 10.5. The second kappa shape index (κ2) is 6.14. The van der Waals surface area contributed by atoms with Crippen molar-refractivity contribution in [2.45, 2.75) is 18.9 Å². The smallest absolute Gasteiger partial charge is 0.353 e. The average molecular weight is 280 g/mol. The van der Waals surface area contributed by atoms with Crippen LogP contribution in [0.4, 0.5) is 4.39 Å². The Hall–Kier alpha value is -2.44. The number of rotatable bonds is 5. The standard InChI is InChI=1S/C13H13FN2O4/c14-9-4-2-1-3-8(9)5-6-15-12(17)11-7-10(13(18)19)16-20-11/h1-4,11H,5-7H2,(H,15,17)(H,18,19). The van der Waals surface area contributed by atoms with Crippen molar-refractivity contribution in [1.29, 1.82) is 0 Å². The SMILES string of the molecule is O=C(O)C1=NOC(C(=O)NCCc2ccccc2F)C1. The van der Waals surface area contributed by atoms with E-state index in [2.05, 4.69) is 10.5 Å². The van der Waals surface area contributed by atoms with Crippen LogP contribution in [-0.4, -0.2) is 35.3 Å². The van der Waals surface area contributed by atoms with Gasteiger partial charge in [-0.25, -0.2) is 9.18 Å². The molecule has 1 amide bonds. The number of halogens is 1. The summed E-state index contributed by atoms with van der Waals surface area (Å²) in [5.74, 6) is -1.98. The molecule has 1 atom stereocenters. The van der Waals surface area contributed by atoms with Crippen LogP contribution in [0.25, 0.3) is 0 Å². The summed E-state index contributed by atoms with van der Waals surface area (Å²) >= 11 is 0. The van der Waals surface area contributed by atoms with Crippen molar-refractivity contribution in [2.75, 3.05) is 6.54 Å². The van der Waals surface area contributed by atoms with Crippen molar-refractivity contribution in [2.24, 2.45) is 5.16 Å². The number of nitrogens with one attached hydrogen (secondary N) is 1. The Morgan fingerprint density at radius 3 is 2.85 bits per heavy atom. The lowest BCUT2D eigenvalue weighted by Gasteiger charge is -2.09. The Morgan fingerprint density at radius 2 is 2.20 bits per heavy atom. The van der Waals surface area contributed by atoms with Gasteiger partial charge in [0.25, 0.3) is 5.91 Å². The minimum atomic E-state index is -1.20. The highest BCUT2D eigenvalue weighted by Crippen LogP contribution is 2.11. The molecule has 1 aromatic carbocycles. The minimum Gasteiger partial charge on any atom is -0.477 e. The van der Waals surface area contributed by atoms with Crippen LogP contribution in [0.1, 0.15) is 12.0 Å². The fourth-order valence-corrected chi connectivity index (χ4v) is 1.78. The largest absolute Gasteiger partial charge is 0.477 e. The lowest BCUT2D eigenvalue weighted by Crippen LogP contribution is -2.36. The molecule has 1 unspecified atom stereocenters. The lowest BCUT2D eigenvalue weighted by atomic mass is 10.1. The van der Waals surface area contributed by atoms with Crippen LogP contribution in [0, 0.1) is 5.82 Å². The summed E-state index contributed by atoms with van der Waals surface area (Å²) in [7, 11) is 0. The van der Waals surface area contributed by atoms with Gasteiger partial charge in [-0.15, -0.1) is 0 Å². The zero-order valence-electron chi connectivity index (χ0n) is 10.5. The number of carbonyl (C=O) groups is 2. The highest BCUT2D eigenvalue weighted by molar-refractivity contribution is 6.36. The number of hydrogen-bond donors (Lipinski definition) is 2. The normalized spacial score (nSPS) is 17.2. The van der Waals surface area contributed by atoms with Crippen molar-refractivity contribution in [3.05, 3.63) is 35.6 Å². The molecule has 6 nitrogen and oxygen atoms in total. The molecule has 0 saturated carbocycles.